The molecule has 2 aliphatic rings. The lowest BCUT2D eigenvalue weighted by molar-refractivity contribution is -0.132. The minimum atomic E-state index is -0.618. The average Bonchev–Trinajstić information content (AvgIpc) is 2.78. The zero-order valence-corrected chi connectivity index (χ0v) is 18.1. The summed E-state index contributed by atoms with van der Waals surface area (Å²) < 4.78 is 11.1. The number of urea groups is 1. The van der Waals surface area contributed by atoms with Crippen molar-refractivity contribution in [3.63, 3.8) is 0 Å². The van der Waals surface area contributed by atoms with Crippen LogP contribution < -0.4 is 20.1 Å². The number of benzene rings is 2. The van der Waals surface area contributed by atoms with Gasteiger partial charge in [0.2, 0.25) is 5.91 Å². The Bertz CT molecular complexity index is 960. The maximum absolute atomic E-state index is 12.9. The predicted molar refractivity (Wildman–Crippen MR) is 118 cm³/mol. The number of rotatable bonds is 4. The van der Waals surface area contributed by atoms with E-state index >= 15 is 0 Å². The Morgan fingerprint density at radius 1 is 1.06 bits per heavy atom. The Labute approximate surface area is 182 Å². The van der Waals surface area contributed by atoms with E-state index in [1.807, 2.05) is 38.1 Å². The van der Waals surface area contributed by atoms with Gasteiger partial charge in [-0.1, -0.05) is 29.8 Å². The highest BCUT2D eigenvalue weighted by Gasteiger charge is 2.39. The molecule has 2 N–H and O–H groups in total. The second kappa shape index (κ2) is 8.88. The van der Waals surface area contributed by atoms with E-state index in [2.05, 4.69) is 10.6 Å². The van der Waals surface area contributed by atoms with Gasteiger partial charge in [0, 0.05) is 31.4 Å². The van der Waals surface area contributed by atoms with E-state index in [0.717, 1.165) is 18.4 Å². The average molecular weight is 424 g/mol. The molecule has 1 fully saturated rings. The molecule has 164 valence electrons. The van der Waals surface area contributed by atoms with Crippen molar-refractivity contribution in [2.24, 2.45) is 5.41 Å². The monoisotopic (exact) mass is 423 g/mol. The number of piperidine rings is 1. The molecule has 0 spiro atoms. The standard InChI is InChI=1S/C24H29N3O4/c1-17-4-6-18(7-5-17)15-25-22(28)24(2)10-3-11-27(16-24)23(29)26-19-8-9-20-21(14-19)31-13-12-30-20/h4-9,14H,3,10-13,15-16H2,1-2H3,(H,25,28)(H,26,29). The Hall–Kier alpha value is -3.22. The van der Waals surface area contributed by atoms with E-state index < -0.39 is 5.41 Å². The number of carbonyl (C=O) groups is 2. The number of hydrogen-bond donors (Lipinski definition) is 2. The lowest BCUT2D eigenvalue weighted by Gasteiger charge is -2.39. The Morgan fingerprint density at radius 2 is 1.81 bits per heavy atom. The number of likely N-dealkylation sites (tertiary alicyclic amines) is 1. The third kappa shape index (κ3) is 4.93. The molecule has 0 bridgehead atoms. The summed E-state index contributed by atoms with van der Waals surface area (Å²) in [4.78, 5) is 27.5. The number of fused-ring (bicyclic) bond motifs is 1. The molecule has 2 aliphatic heterocycles. The van der Waals surface area contributed by atoms with Crippen LogP contribution in [0.1, 0.15) is 30.9 Å². The van der Waals surface area contributed by atoms with Crippen molar-refractivity contribution in [1.29, 1.82) is 0 Å². The topological polar surface area (TPSA) is 79.9 Å². The first-order valence-corrected chi connectivity index (χ1v) is 10.7. The van der Waals surface area contributed by atoms with Gasteiger partial charge in [0.25, 0.3) is 0 Å². The predicted octanol–water partition coefficient (Wildman–Crippen LogP) is 3.72. The molecule has 31 heavy (non-hydrogen) atoms. The summed E-state index contributed by atoms with van der Waals surface area (Å²) in [6.07, 6.45) is 1.53. The first-order valence-electron chi connectivity index (χ1n) is 10.7. The minimum absolute atomic E-state index is 0.0232. The number of ether oxygens (including phenoxy) is 2. The number of carbonyl (C=O) groups excluding carboxylic acids is 2. The van der Waals surface area contributed by atoms with Crippen LogP contribution in [0, 0.1) is 12.3 Å². The SMILES string of the molecule is Cc1ccc(CNC(=O)C2(C)CCCN(C(=O)Nc3ccc4c(c3)OCCO4)C2)cc1. The first-order chi connectivity index (χ1) is 14.9. The molecule has 7 heteroatoms. The van der Waals surface area contributed by atoms with Crippen LogP contribution in [0.4, 0.5) is 10.5 Å². The molecule has 3 amide bonds. The van der Waals surface area contributed by atoms with Gasteiger partial charge in [-0.15, -0.1) is 0 Å². The van der Waals surface area contributed by atoms with Crippen LogP contribution >= 0.6 is 0 Å². The third-order valence-corrected chi connectivity index (χ3v) is 5.90. The van der Waals surface area contributed by atoms with E-state index in [1.54, 1.807) is 23.1 Å². The van der Waals surface area contributed by atoms with Crippen LogP contribution in [-0.2, 0) is 11.3 Å². The van der Waals surface area contributed by atoms with Crippen LogP contribution in [0.25, 0.3) is 0 Å². The normalized spacial score (nSPS) is 20.1. The van der Waals surface area contributed by atoms with Gasteiger partial charge < -0.3 is 25.0 Å². The highest BCUT2D eigenvalue weighted by Crippen LogP contribution is 2.33. The zero-order valence-electron chi connectivity index (χ0n) is 18.1. The fourth-order valence-corrected chi connectivity index (χ4v) is 4.02. The number of hydrogen-bond acceptors (Lipinski definition) is 4. The van der Waals surface area contributed by atoms with Crippen molar-refractivity contribution in [1.82, 2.24) is 10.2 Å². The van der Waals surface area contributed by atoms with Crippen molar-refractivity contribution in [2.75, 3.05) is 31.6 Å². The molecule has 0 radical (unpaired) electrons. The molecule has 0 aliphatic carbocycles. The van der Waals surface area contributed by atoms with Gasteiger partial charge in [0.15, 0.2) is 11.5 Å². The van der Waals surface area contributed by atoms with Gasteiger partial charge in [-0.2, -0.15) is 0 Å². The number of nitrogens with zero attached hydrogens (tertiary/aromatic N) is 1. The van der Waals surface area contributed by atoms with E-state index in [9.17, 15) is 9.59 Å². The number of nitrogens with one attached hydrogen (secondary N) is 2. The lowest BCUT2D eigenvalue weighted by Crippen LogP contribution is -2.52. The first kappa shape index (κ1) is 21.0. The highest BCUT2D eigenvalue weighted by molar-refractivity contribution is 5.91. The summed E-state index contributed by atoms with van der Waals surface area (Å²) in [6, 6.07) is 13.3. The van der Waals surface area contributed by atoms with E-state index in [1.165, 1.54) is 5.56 Å². The number of aryl methyl sites for hydroxylation is 1. The lowest BCUT2D eigenvalue weighted by atomic mass is 9.81. The molecule has 1 saturated heterocycles. The third-order valence-electron chi connectivity index (χ3n) is 5.90. The number of amides is 3. The van der Waals surface area contributed by atoms with Crippen LogP contribution in [-0.4, -0.2) is 43.1 Å². The molecule has 1 atom stereocenters. The minimum Gasteiger partial charge on any atom is -0.486 e. The molecule has 0 aromatic heterocycles. The van der Waals surface area contributed by atoms with Crippen molar-refractivity contribution in [3.05, 3.63) is 53.6 Å². The maximum atomic E-state index is 12.9. The molecule has 2 aromatic rings. The van der Waals surface area contributed by atoms with Crippen molar-refractivity contribution < 1.29 is 19.1 Å². The maximum Gasteiger partial charge on any atom is 0.321 e. The molecule has 1 unspecified atom stereocenters. The van der Waals surface area contributed by atoms with Crippen molar-refractivity contribution in [3.8, 4) is 11.5 Å². The molecular formula is C24H29N3O4. The smallest absolute Gasteiger partial charge is 0.321 e. The molecule has 4 rings (SSSR count). The molecular weight excluding hydrogens is 394 g/mol. The summed E-state index contributed by atoms with van der Waals surface area (Å²) in [5, 5.41) is 5.97. The van der Waals surface area contributed by atoms with Crippen molar-refractivity contribution in [2.45, 2.75) is 33.2 Å². The van der Waals surface area contributed by atoms with Gasteiger partial charge in [-0.3, -0.25) is 4.79 Å². The largest absolute Gasteiger partial charge is 0.486 e. The molecule has 2 aromatic carbocycles. The molecule has 2 heterocycles. The van der Waals surface area contributed by atoms with Gasteiger partial charge >= 0.3 is 6.03 Å². The van der Waals surface area contributed by atoms with Crippen LogP contribution in [0.2, 0.25) is 0 Å². The van der Waals surface area contributed by atoms with E-state index in [-0.39, 0.29) is 11.9 Å². The fraction of sp³-hybridized carbons (Fsp3) is 0.417. The highest BCUT2D eigenvalue weighted by atomic mass is 16.6. The van der Waals surface area contributed by atoms with Crippen molar-refractivity contribution >= 4 is 17.6 Å². The Kier molecular flexibility index (Phi) is 6.02. The van der Waals surface area contributed by atoms with Gasteiger partial charge in [0.1, 0.15) is 13.2 Å². The van der Waals surface area contributed by atoms with Crippen LogP contribution in [0.3, 0.4) is 0 Å². The fourth-order valence-electron chi connectivity index (χ4n) is 4.02. The van der Waals surface area contributed by atoms with Crippen LogP contribution in [0.5, 0.6) is 11.5 Å². The summed E-state index contributed by atoms with van der Waals surface area (Å²) in [5.74, 6) is 1.29. The molecule has 7 nitrogen and oxygen atoms in total. The zero-order chi connectivity index (χ0) is 21.8. The van der Waals surface area contributed by atoms with Gasteiger partial charge in [0.05, 0.1) is 5.41 Å². The van der Waals surface area contributed by atoms with E-state index in [4.69, 9.17) is 9.47 Å². The summed E-state index contributed by atoms with van der Waals surface area (Å²) in [7, 11) is 0. The summed E-state index contributed by atoms with van der Waals surface area (Å²) in [5.41, 5.74) is 2.28. The van der Waals surface area contributed by atoms with Gasteiger partial charge in [-0.25, -0.2) is 4.79 Å². The summed E-state index contributed by atoms with van der Waals surface area (Å²) in [6.45, 7) is 6.47. The Balaban J connectivity index is 1.35. The molecule has 0 saturated carbocycles. The quantitative estimate of drug-likeness (QED) is 0.786. The second-order valence-corrected chi connectivity index (χ2v) is 8.54. The summed E-state index contributed by atoms with van der Waals surface area (Å²) >= 11 is 0. The second-order valence-electron chi connectivity index (χ2n) is 8.54. The van der Waals surface area contributed by atoms with E-state index in [0.29, 0.717) is 50.0 Å². The number of anilines is 1. The van der Waals surface area contributed by atoms with Gasteiger partial charge in [-0.05, 0) is 44.4 Å². The Morgan fingerprint density at radius 3 is 2.58 bits per heavy atom. The van der Waals surface area contributed by atoms with Crippen LogP contribution in [0.15, 0.2) is 42.5 Å².